The van der Waals surface area contributed by atoms with Gasteiger partial charge in [0.15, 0.2) is 11.5 Å². The number of benzene rings is 3. The zero-order valence-electron chi connectivity index (χ0n) is 16.9. The van der Waals surface area contributed by atoms with E-state index < -0.39 is 0 Å². The number of fused-ring (bicyclic) bond motifs is 1. The maximum Gasteiger partial charge on any atom is 0.231 e. The van der Waals surface area contributed by atoms with Gasteiger partial charge in [0.25, 0.3) is 0 Å². The molecular weight excluding hydrogens is 382 g/mol. The van der Waals surface area contributed by atoms with E-state index in [9.17, 15) is 4.79 Å². The normalized spacial score (nSPS) is 12.9. The summed E-state index contributed by atoms with van der Waals surface area (Å²) in [4.78, 5) is 12.9. The third kappa shape index (κ3) is 4.17. The van der Waals surface area contributed by atoms with Gasteiger partial charge in [0.2, 0.25) is 12.7 Å². The van der Waals surface area contributed by atoms with Crippen LogP contribution in [0.2, 0.25) is 0 Å². The minimum Gasteiger partial charge on any atom is -0.497 e. The lowest BCUT2D eigenvalue weighted by Gasteiger charge is -2.20. The maximum absolute atomic E-state index is 12.9. The molecule has 0 aliphatic carbocycles. The van der Waals surface area contributed by atoms with Crippen LogP contribution in [0.1, 0.15) is 23.5 Å². The number of ether oxygens (including phenoxy) is 4. The van der Waals surface area contributed by atoms with Crippen LogP contribution >= 0.6 is 0 Å². The fourth-order valence-electron chi connectivity index (χ4n) is 3.56. The molecule has 30 heavy (non-hydrogen) atoms. The van der Waals surface area contributed by atoms with Crippen LogP contribution in [0.25, 0.3) is 0 Å². The first-order valence-electron chi connectivity index (χ1n) is 9.64. The Morgan fingerprint density at radius 1 is 0.967 bits per heavy atom. The first-order chi connectivity index (χ1) is 14.7. The van der Waals surface area contributed by atoms with E-state index in [0.29, 0.717) is 17.2 Å². The molecule has 4 rings (SSSR count). The molecule has 3 aromatic rings. The number of anilines is 1. The van der Waals surface area contributed by atoms with Crippen molar-refractivity contribution in [2.45, 2.75) is 12.3 Å². The molecular formula is C24H23NO5. The second-order valence-corrected chi connectivity index (χ2v) is 6.89. The molecule has 0 bridgehead atoms. The molecule has 0 fully saturated rings. The van der Waals surface area contributed by atoms with Crippen LogP contribution in [0.5, 0.6) is 23.0 Å². The number of hydrogen-bond acceptors (Lipinski definition) is 5. The van der Waals surface area contributed by atoms with Gasteiger partial charge in [-0.2, -0.15) is 0 Å². The summed E-state index contributed by atoms with van der Waals surface area (Å²) in [5, 5.41) is 2.96. The van der Waals surface area contributed by atoms with Gasteiger partial charge >= 0.3 is 0 Å². The highest BCUT2D eigenvalue weighted by atomic mass is 16.7. The summed E-state index contributed by atoms with van der Waals surface area (Å²) in [6.45, 7) is 0.204. The van der Waals surface area contributed by atoms with Crippen molar-refractivity contribution < 1.29 is 23.7 Å². The van der Waals surface area contributed by atoms with Crippen molar-refractivity contribution in [2.75, 3.05) is 26.3 Å². The first-order valence-corrected chi connectivity index (χ1v) is 9.64. The van der Waals surface area contributed by atoms with Gasteiger partial charge in [-0.05, 0) is 48.0 Å². The van der Waals surface area contributed by atoms with E-state index in [0.717, 1.165) is 22.6 Å². The summed E-state index contributed by atoms with van der Waals surface area (Å²) < 4.78 is 21.7. The second kappa shape index (κ2) is 8.78. The molecule has 6 nitrogen and oxygen atoms in total. The van der Waals surface area contributed by atoms with Crippen molar-refractivity contribution in [1.29, 1.82) is 0 Å². The standard InChI is InChI=1S/C24H23NO5/c1-27-18-10-8-17(9-11-18)25-24(26)14-20(19-5-3-4-6-21(19)28-2)16-7-12-22-23(13-16)30-15-29-22/h3-13,20H,14-15H2,1-2H3,(H,25,26)/t20-/m0/s1. The topological polar surface area (TPSA) is 66.0 Å². The molecule has 1 aliphatic heterocycles. The van der Waals surface area contributed by atoms with Crippen LogP contribution < -0.4 is 24.3 Å². The highest BCUT2D eigenvalue weighted by molar-refractivity contribution is 5.91. The number of hydrogen-bond donors (Lipinski definition) is 1. The SMILES string of the molecule is COc1ccc(NC(=O)C[C@@H](c2ccc3c(c2)OCO3)c2ccccc2OC)cc1. The average Bonchev–Trinajstić information content (AvgIpc) is 3.26. The van der Waals surface area contributed by atoms with E-state index in [2.05, 4.69) is 5.32 Å². The Hall–Kier alpha value is -3.67. The Morgan fingerprint density at radius 3 is 2.50 bits per heavy atom. The van der Waals surface area contributed by atoms with Crippen molar-refractivity contribution in [2.24, 2.45) is 0 Å². The van der Waals surface area contributed by atoms with E-state index in [1.807, 2.05) is 66.7 Å². The summed E-state index contributed by atoms with van der Waals surface area (Å²) in [5.41, 5.74) is 2.60. The van der Waals surface area contributed by atoms with Gasteiger partial charge in [-0.1, -0.05) is 24.3 Å². The molecule has 0 spiro atoms. The zero-order chi connectivity index (χ0) is 20.9. The Bertz CT molecular complexity index is 1030. The highest BCUT2D eigenvalue weighted by Gasteiger charge is 2.24. The molecule has 0 unspecified atom stereocenters. The third-order valence-corrected chi connectivity index (χ3v) is 5.08. The summed E-state index contributed by atoms with van der Waals surface area (Å²) in [6, 6.07) is 20.8. The van der Waals surface area contributed by atoms with E-state index in [4.69, 9.17) is 18.9 Å². The van der Waals surface area contributed by atoms with Crippen LogP contribution in [0.15, 0.2) is 66.7 Å². The molecule has 154 valence electrons. The molecule has 1 N–H and O–H groups in total. The molecule has 1 heterocycles. The molecule has 3 aromatic carbocycles. The zero-order valence-corrected chi connectivity index (χ0v) is 16.9. The molecule has 1 atom stereocenters. The van der Waals surface area contributed by atoms with Crippen LogP contribution in [-0.4, -0.2) is 26.9 Å². The Kier molecular flexibility index (Phi) is 5.75. The van der Waals surface area contributed by atoms with Crippen molar-refractivity contribution in [1.82, 2.24) is 0 Å². The van der Waals surface area contributed by atoms with Gasteiger partial charge < -0.3 is 24.3 Å². The third-order valence-electron chi connectivity index (χ3n) is 5.08. The first kappa shape index (κ1) is 19.6. The number of rotatable bonds is 7. The fourth-order valence-corrected chi connectivity index (χ4v) is 3.56. The number of nitrogens with one attached hydrogen (secondary N) is 1. The molecule has 1 amide bonds. The largest absolute Gasteiger partial charge is 0.497 e. The van der Waals surface area contributed by atoms with E-state index in [-0.39, 0.29) is 25.0 Å². The Balaban J connectivity index is 1.62. The lowest BCUT2D eigenvalue weighted by Crippen LogP contribution is -2.17. The van der Waals surface area contributed by atoms with Crippen molar-refractivity contribution in [3.63, 3.8) is 0 Å². The molecule has 0 aromatic heterocycles. The number of amides is 1. The minimum absolute atomic E-state index is 0.103. The summed E-state index contributed by atoms with van der Waals surface area (Å²) in [7, 11) is 3.24. The number of methoxy groups -OCH3 is 2. The van der Waals surface area contributed by atoms with Crippen LogP contribution in [0.3, 0.4) is 0 Å². The highest BCUT2D eigenvalue weighted by Crippen LogP contribution is 2.40. The number of para-hydroxylation sites is 1. The second-order valence-electron chi connectivity index (χ2n) is 6.89. The lowest BCUT2D eigenvalue weighted by atomic mass is 9.87. The van der Waals surface area contributed by atoms with Gasteiger partial charge in [0.05, 0.1) is 14.2 Å². The summed E-state index contributed by atoms with van der Waals surface area (Å²) in [6.07, 6.45) is 0.242. The number of carbonyl (C=O) groups excluding carboxylic acids is 1. The molecule has 0 radical (unpaired) electrons. The van der Waals surface area contributed by atoms with Gasteiger partial charge in [0, 0.05) is 23.6 Å². The van der Waals surface area contributed by atoms with Crippen LogP contribution in [-0.2, 0) is 4.79 Å². The molecule has 0 saturated heterocycles. The van der Waals surface area contributed by atoms with Crippen molar-refractivity contribution in [3.8, 4) is 23.0 Å². The predicted octanol–water partition coefficient (Wildman–Crippen LogP) is 4.59. The van der Waals surface area contributed by atoms with Gasteiger partial charge in [-0.25, -0.2) is 0 Å². The van der Waals surface area contributed by atoms with Crippen LogP contribution in [0, 0.1) is 0 Å². The average molecular weight is 405 g/mol. The van der Waals surface area contributed by atoms with Gasteiger partial charge in [0.1, 0.15) is 11.5 Å². The van der Waals surface area contributed by atoms with E-state index in [1.54, 1.807) is 14.2 Å². The van der Waals surface area contributed by atoms with Gasteiger partial charge in [-0.3, -0.25) is 4.79 Å². The van der Waals surface area contributed by atoms with E-state index >= 15 is 0 Å². The Labute approximate surface area is 175 Å². The Morgan fingerprint density at radius 2 is 1.73 bits per heavy atom. The fraction of sp³-hybridized carbons (Fsp3) is 0.208. The smallest absolute Gasteiger partial charge is 0.231 e. The summed E-state index contributed by atoms with van der Waals surface area (Å²) >= 11 is 0. The molecule has 0 saturated carbocycles. The van der Waals surface area contributed by atoms with Crippen LogP contribution in [0.4, 0.5) is 5.69 Å². The van der Waals surface area contributed by atoms with Crippen molar-refractivity contribution in [3.05, 3.63) is 77.9 Å². The lowest BCUT2D eigenvalue weighted by molar-refractivity contribution is -0.116. The predicted molar refractivity (Wildman–Crippen MR) is 114 cm³/mol. The molecule has 6 heteroatoms. The summed E-state index contributed by atoms with van der Waals surface area (Å²) in [5.74, 6) is 2.54. The monoisotopic (exact) mass is 405 g/mol. The molecule has 1 aliphatic rings. The van der Waals surface area contributed by atoms with E-state index in [1.165, 1.54) is 0 Å². The number of carbonyl (C=O) groups is 1. The maximum atomic E-state index is 12.9. The van der Waals surface area contributed by atoms with Gasteiger partial charge in [-0.15, -0.1) is 0 Å². The quantitative estimate of drug-likeness (QED) is 0.623. The minimum atomic E-state index is -0.214. The van der Waals surface area contributed by atoms with Crippen molar-refractivity contribution >= 4 is 11.6 Å².